The summed E-state index contributed by atoms with van der Waals surface area (Å²) in [6.07, 6.45) is 5.98. The van der Waals surface area contributed by atoms with Crippen LogP contribution in [0.4, 0.5) is 0 Å². The largest absolute Gasteiger partial charge is 0.263 e. The van der Waals surface area contributed by atoms with Crippen LogP contribution in [0.2, 0.25) is 0 Å². The first-order valence-corrected chi connectivity index (χ1v) is 9.67. The van der Waals surface area contributed by atoms with Gasteiger partial charge >= 0.3 is 0 Å². The first-order valence-electron chi connectivity index (χ1n) is 8.19. The van der Waals surface area contributed by atoms with Crippen molar-refractivity contribution in [3.05, 3.63) is 11.4 Å². The Morgan fingerprint density at radius 2 is 1.82 bits per heavy atom. The van der Waals surface area contributed by atoms with E-state index in [4.69, 9.17) is 0 Å². The minimum atomic E-state index is -3.49. The van der Waals surface area contributed by atoms with E-state index in [0.29, 0.717) is 28.7 Å². The summed E-state index contributed by atoms with van der Waals surface area (Å²) in [5, 5.41) is 4.43. The van der Waals surface area contributed by atoms with Crippen molar-refractivity contribution in [3.63, 3.8) is 0 Å². The molecule has 0 unspecified atom stereocenters. The van der Waals surface area contributed by atoms with Crippen molar-refractivity contribution in [1.29, 1.82) is 0 Å². The fourth-order valence-corrected chi connectivity index (χ4v) is 4.88. The number of aromatic nitrogens is 2. The molecule has 0 radical (unpaired) electrons. The SMILES string of the molecule is Cc1nn(C(C)(C)C)c(C)c1S(=O)(=O)NCCC1CCCC1. The van der Waals surface area contributed by atoms with Gasteiger partial charge in [0.05, 0.1) is 16.9 Å². The van der Waals surface area contributed by atoms with Gasteiger partial charge in [-0.3, -0.25) is 4.68 Å². The highest BCUT2D eigenvalue weighted by Gasteiger charge is 2.28. The van der Waals surface area contributed by atoms with E-state index < -0.39 is 10.0 Å². The van der Waals surface area contributed by atoms with E-state index in [0.717, 1.165) is 6.42 Å². The number of sulfonamides is 1. The summed E-state index contributed by atoms with van der Waals surface area (Å²) in [6.45, 7) is 10.2. The topological polar surface area (TPSA) is 64.0 Å². The molecule has 126 valence electrons. The molecule has 1 aliphatic carbocycles. The summed E-state index contributed by atoms with van der Waals surface area (Å²) in [4.78, 5) is 0.342. The maximum absolute atomic E-state index is 12.6. The van der Waals surface area contributed by atoms with Crippen LogP contribution in [0, 0.1) is 19.8 Å². The van der Waals surface area contributed by atoms with Crippen molar-refractivity contribution in [2.24, 2.45) is 5.92 Å². The van der Waals surface area contributed by atoms with Crippen LogP contribution in [-0.2, 0) is 15.6 Å². The quantitative estimate of drug-likeness (QED) is 0.904. The molecule has 0 saturated heterocycles. The number of nitrogens with zero attached hydrogens (tertiary/aromatic N) is 2. The Labute approximate surface area is 134 Å². The summed E-state index contributed by atoms with van der Waals surface area (Å²) in [7, 11) is -3.49. The molecule has 22 heavy (non-hydrogen) atoms. The minimum absolute atomic E-state index is 0.230. The van der Waals surface area contributed by atoms with Gasteiger partial charge in [-0.05, 0) is 47.0 Å². The number of hydrogen-bond acceptors (Lipinski definition) is 3. The minimum Gasteiger partial charge on any atom is -0.263 e. The Bertz CT molecular complexity index is 621. The second-order valence-corrected chi connectivity index (χ2v) is 9.12. The van der Waals surface area contributed by atoms with Gasteiger partial charge in [-0.2, -0.15) is 5.10 Å². The fourth-order valence-electron chi connectivity index (χ4n) is 3.44. The summed E-state index contributed by atoms with van der Waals surface area (Å²) in [6, 6.07) is 0. The third kappa shape index (κ3) is 3.71. The second-order valence-electron chi connectivity index (χ2n) is 7.42. The molecule has 1 aromatic rings. The monoisotopic (exact) mass is 327 g/mol. The summed E-state index contributed by atoms with van der Waals surface area (Å²) in [5.41, 5.74) is 1.05. The van der Waals surface area contributed by atoms with Crippen molar-refractivity contribution in [1.82, 2.24) is 14.5 Å². The lowest BCUT2D eigenvalue weighted by atomic mass is 10.1. The summed E-state index contributed by atoms with van der Waals surface area (Å²) < 4.78 is 29.8. The van der Waals surface area contributed by atoms with Crippen LogP contribution in [0.3, 0.4) is 0 Å². The van der Waals surface area contributed by atoms with Crippen LogP contribution >= 0.6 is 0 Å². The van der Waals surface area contributed by atoms with Gasteiger partial charge in [-0.15, -0.1) is 0 Å². The standard InChI is InChI=1S/C16H29N3O2S/c1-12-15(13(2)19(18-12)16(3,4)5)22(20,21)17-11-10-14-8-6-7-9-14/h14,17H,6-11H2,1-5H3. The zero-order valence-corrected chi connectivity index (χ0v) is 15.3. The molecule has 0 spiro atoms. The highest BCUT2D eigenvalue weighted by atomic mass is 32.2. The lowest BCUT2D eigenvalue weighted by molar-refractivity contribution is 0.345. The van der Waals surface area contributed by atoms with E-state index >= 15 is 0 Å². The number of rotatable bonds is 5. The van der Waals surface area contributed by atoms with Crippen LogP contribution in [0.15, 0.2) is 4.90 Å². The molecule has 1 fully saturated rings. The molecule has 0 amide bonds. The highest BCUT2D eigenvalue weighted by molar-refractivity contribution is 7.89. The average Bonchev–Trinajstić information content (AvgIpc) is 2.96. The van der Waals surface area contributed by atoms with Gasteiger partial charge in [0.15, 0.2) is 0 Å². The molecule has 0 atom stereocenters. The zero-order chi connectivity index (χ0) is 16.5. The Morgan fingerprint density at radius 3 is 2.32 bits per heavy atom. The predicted octanol–water partition coefficient (Wildman–Crippen LogP) is 3.11. The summed E-state index contributed by atoms with van der Waals surface area (Å²) in [5.74, 6) is 0.683. The van der Waals surface area contributed by atoms with Gasteiger partial charge in [0.25, 0.3) is 0 Å². The Hall–Kier alpha value is -0.880. The number of nitrogens with one attached hydrogen (secondary N) is 1. The van der Waals surface area contributed by atoms with Gasteiger partial charge < -0.3 is 0 Å². The summed E-state index contributed by atoms with van der Waals surface area (Å²) >= 11 is 0. The van der Waals surface area contributed by atoms with Gasteiger partial charge in [-0.1, -0.05) is 25.7 Å². The van der Waals surface area contributed by atoms with Gasteiger partial charge in [0.1, 0.15) is 4.90 Å². The van der Waals surface area contributed by atoms with Crippen molar-refractivity contribution in [2.75, 3.05) is 6.54 Å². The molecule has 1 N–H and O–H groups in total. The molecule has 1 saturated carbocycles. The van der Waals surface area contributed by atoms with Crippen molar-refractivity contribution in [2.45, 2.75) is 77.2 Å². The van der Waals surface area contributed by atoms with Crippen LogP contribution < -0.4 is 4.72 Å². The first kappa shape index (κ1) is 17.5. The number of hydrogen-bond donors (Lipinski definition) is 1. The van der Waals surface area contributed by atoms with Gasteiger partial charge in [0.2, 0.25) is 10.0 Å². The lowest BCUT2D eigenvalue weighted by Crippen LogP contribution is -2.28. The van der Waals surface area contributed by atoms with E-state index in [1.807, 2.05) is 27.7 Å². The molecular weight excluding hydrogens is 298 g/mol. The Kier molecular flexibility index (Phi) is 5.02. The maximum Gasteiger partial charge on any atom is 0.244 e. The van der Waals surface area contributed by atoms with E-state index in [9.17, 15) is 8.42 Å². The van der Waals surface area contributed by atoms with Crippen LogP contribution in [-0.4, -0.2) is 24.7 Å². The van der Waals surface area contributed by atoms with Crippen molar-refractivity contribution in [3.8, 4) is 0 Å². The smallest absolute Gasteiger partial charge is 0.244 e. The predicted molar refractivity (Wildman–Crippen MR) is 88.5 cm³/mol. The van der Waals surface area contributed by atoms with Crippen molar-refractivity contribution >= 4 is 10.0 Å². The molecule has 1 aromatic heterocycles. The van der Waals surface area contributed by atoms with E-state index in [2.05, 4.69) is 9.82 Å². The van der Waals surface area contributed by atoms with Crippen LogP contribution in [0.1, 0.15) is 64.3 Å². The van der Waals surface area contributed by atoms with E-state index in [-0.39, 0.29) is 5.54 Å². The maximum atomic E-state index is 12.6. The molecule has 5 nitrogen and oxygen atoms in total. The lowest BCUT2D eigenvalue weighted by Gasteiger charge is -2.21. The Balaban J connectivity index is 2.13. The average molecular weight is 327 g/mol. The third-order valence-corrected chi connectivity index (χ3v) is 6.16. The molecule has 0 aromatic carbocycles. The van der Waals surface area contributed by atoms with Crippen molar-refractivity contribution < 1.29 is 8.42 Å². The van der Waals surface area contributed by atoms with Crippen LogP contribution in [0.25, 0.3) is 0 Å². The first-order chi connectivity index (χ1) is 10.1. The molecule has 1 aliphatic rings. The Morgan fingerprint density at radius 1 is 1.23 bits per heavy atom. The molecule has 2 rings (SSSR count). The van der Waals surface area contributed by atoms with Gasteiger partial charge in [0, 0.05) is 6.54 Å². The van der Waals surface area contributed by atoms with E-state index in [1.165, 1.54) is 25.7 Å². The number of aryl methyl sites for hydroxylation is 1. The molecule has 6 heteroatoms. The molecule has 1 heterocycles. The fraction of sp³-hybridized carbons (Fsp3) is 0.812. The third-order valence-electron chi connectivity index (χ3n) is 4.45. The normalized spacial score (nSPS) is 17.3. The highest BCUT2D eigenvalue weighted by Crippen LogP contribution is 2.28. The van der Waals surface area contributed by atoms with Crippen LogP contribution in [0.5, 0.6) is 0 Å². The van der Waals surface area contributed by atoms with Gasteiger partial charge in [-0.25, -0.2) is 13.1 Å². The zero-order valence-electron chi connectivity index (χ0n) is 14.4. The second kappa shape index (κ2) is 6.32. The molecular formula is C16H29N3O2S. The molecule has 0 aliphatic heterocycles. The van der Waals surface area contributed by atoms with E-state index in [1.54, 1.807) is 11.6 Å². The molecule has 0 bridgehead atoms.